The summed E-state index contributed by atoms with van der Waals surface area (Å²) in [6, 6.07) is 7.71. The molecule has 0 aliphatic carbocycles. The highest BCUT2D eigenvalue weighted by molar-refractivity contribution is 7.13. The van der Waals surface area contributed by atoms with Gasteiger partial charge in [0.25, 0.3) is 0 Å². The molecule has 0 spiro atoms. The Bertz CT molecular complexity index is 614. The molecule has 0 saturated heterocycles. The van der Waals surface area contributed by atoms with Crippen molar-refractivity contribution in [2.75, 3.05) is 5.73 Å². The summed E-state index contributed by atoms with van der Waals surface area (Å²) in [7, 11) is 0. The van der Waals surface area contributed by atoms with E-state index in [1.807, 2.05) is 24.4 Å². The number of anilines is 1. The largest absolute Gasteiger partial charge is 0.381 e. The molecular weight excluding hydrogens is 210 g/mol. The second kappa shape index (κ2) is 3.06. The van der Waals surface area contributed by atoms with Gasteiger partial charge in [-0.1, -0.05) is 5.16 Å². The summed E-state index contributed by atoms with van der Waals surface area (Å²) in [6.07, 6.45) is 1.84. The Morgan fingerprint density at radius 2 is 2.20 bits per heavy atom. The number of nitrogen functional groups attached to an aromatic ring is 1. The van der Waals surface area contributed by atoms with E-state index >= 15 is 0 Å². The van der Waals surface area contributed by atoms with E-state index in [-0.39, 0.29) is 0 Å². The number of aromatic nitrogens is 2. The normalized spacial score (nSPS) is 10.9. The first kappa shape index (κ1) is 8.43. The number of benzene rings is 1. The molecule has 3 rings (SSSR count). The van der Waals surface area contributed by atoms with Gasteiger partial charge in [0.15, 0.2) is 11.6 Å². The van der Waals surface area contributed by atoms with Crippen LogP contribution in [-0.4, -0.2) is 9.53 Å². The molecule has 0 aliphatic rings. The van der Waals surface area contributed by atoms with E-state index in [0.29, 0.717) is 11.6 Å². The molecular formula is C10H7N3OS. The SMILES string of the molecule is Nc1cc(-c2ccc3sncc3c2)on1. The second-order valence-electron chi connectivity index (χ2n) is 3.19. The summed E-state index contributed by atoms with van der Waals surface area (Å²) in [6.45, 7) is 0. The van der Waals surface area contributed by atoms with Crippen LogP contribution >= 0.6 is 11.5 Å². The zero-order chi connectivity index (χ0) is 10.3. The van der Waals surface area contributed by atoms with Crippen molar-refractivity contribution in [3.8, 4) is 11.3 Å². The molecule has 0 atom stereocenters. The number of rotatable bonds is 1. The maximum Gasteiger partial charge on any atom is 0.169 e. The Kier molecular flexibility index (Phi) is 1.72. The van der Waals surface area contributed by atoms with Gasteiger partial charge in [-0.25, -0.2) is 0 Å². The van der Waals surface area contributed by atoms with E-state index in [9.17, 15) is 0 Å². The molecule has 0 aliphatic heterocycles. The fourth-order valence-electron chi connectivity index (χ4n) is 1.45. The zero-order valence-electron chi connectivity index (χ0n) is 7.68. The minimum absolute atomic E-state index is 0.397. The van der Waals surface area contributed by atoms with Gasteiger partial charge in [0.2, 0.25) is 0 Å². The first-order valence-electron chi connectivity index (χ1n) is 4.40. The molecule has 0 saturated carbocycles. The Morgan fingerprint density at radius 1 is 1.27 bits per heavy atom. The minimum atomic E-state index is 0.397. The van der Waals surface area contributed by atoms with E-state index < -0.39 is 0 Å². The minimum Gasteiger partial charge on any atom is -0.381 e. The van der Waals surface area contributed by atoms with Crippen LogP contribution in [0.25, 0.3) is 21.4 Å². The third-order valence-electron chi connectivity index (χ3n) is 2.17. The van der Waals surface area contributed by atoms with E-state index in [0.717, 1.165) is 15.6 Å². The third kappa shape index (κ3) is 1.37. The summed E-state index contributed by atoms with van der Waals surface area (Å²) in [5.74, 6) is 1.08. The van der Waals surface area contributed by atoms with Gasteiger partial charge in [0.1, 0.15) is 0 Å². The lowest BCUT2D eigenvalue weighted by Crippen LogP contribution is -1.79. The summed E-state index contributed by atoms with van der Waals surface area (Å²) >= 11 is 1.48. The average molecular weight is 217 g/mol. The van der Waals surface area contributed by atoms with Crippen LogP contribution in [0, 0.1) is 0 Å². The summed E-state index contributed by atoms with van der Waals surface area (Å²) in [4.78, 5) is 0. The Labute approximate surface area is 89.5 Å². The Hall–Kier alpha value is -1.88. The van der Waals surface area contributed by atoms with Crippen LogP contribution in [0.4, 0.5) is 5.82 Å². The van der Waals surface area contributed by atoms with Crippen LogP contribution in [0.3, 0.4) is 0 Å². The smallest absolute Gasteiger partial charge is 0.169 e. The predicted octanol–water partition coefficient (Wildman–Crippen LogP) is 2.53. The van der Waals surface area contributed by atoms with E-state index in [4.69, 9.17) is 10.3 Å². The van der Waals surface area contributed by atoms with Gasteiger partial charge in [0.05, 0.1) is 4.70 Å². The van der Waals surface area contributed by atoms with Crippen molar-refractivity contribution in [3.63, 3.8) is 0 Å². The van der Waals surface area contributed by atoms with Crippen molar-refractivity contribution in [2.24, 2.45) is 0 Å². The number of nitrogens with zero attached hydrogens (tertiary/aromatic N) is 2. The monoisotopic (exact) mass is 217 g/mol. The molecule has 0 amide bonds. The van der Waals surface area contributed by atoms with E-state index in [1.54, 1.807) is 6.07 Å². The van der Waals surface area contributed by atoms with Crippen LogP contribution in [0.1, 0.15) is 0 Å². The number of hydrogen-bond donors (Lipinski definition) is 1. The van der Waals surface area contributed by atoms with Crippen LogP contribution in [-0.2, 0) is 0 Å². The Balaban J connectivity index is 2.18. The van der Waals surface area contributed by atoms with Crippen molar-refractivity contribution < 1.29 is 4.52 Å². The standard InChI is InChI=1S/C10H7N3OS/c11-10-4-8(14-13-10)6-1-2-9-7(3-6)5-12-15-9/h1-5H,(H2,11,13). The van der Waals surface area contributed by atoms with Gasteiger partial charge in [-0.15, -0.1) is 0 Å². The maximum absolute atomic E-state index is 5.49. The molecule has 2 heterocycles. The molecule has 0 unspecified atom stereocenters. The summed E-state index contributed by atoms with van der Waals surface area (Å²) in [5.41, 5.74) is 6.46. The van der Waals surface area contributed by atoms with E-state index in [1.165, 1.54) is 11.5 Å². The number of hydrogen-bond acceptors (Lipinski definition) is 5. The van der Waals surface area contributed by atoms with Gasteiger partial charge < -0.3 is 10.3 Å². The van der Waals surface area contributed by atoms with Crippen LogP contribution in [0.5, 0.6) is 0 Å². The quantitative estimate of drug-likeness (QED) is 0.680. The molecule has 74 valence electrons. The fourth-order valence-corrected chi connectivity index (χ4v) is 2.08. The predicted molar refractivity (Wildman–Crippen MR) is 59.5 cm³/mol. The summed E-state index contributed by atoms with van der Waals surface area (Å²) in [5, 5.41) is 4.75. The average Bonchev–Trinajstić information content (AvgIpc) is 2.84. The lowest BCUT2D eigenvalue weighted by atomic mass is 10.1. The first-order chi connectivity index (χ1) is 7.33. The van der Waals surface area contributed by atoms with Crippen molar-refractivity contribution in [1.29, 1.82) is 0 Å². The maximum atomic E-state index is 5.49. The van der Waals surface area contributed by atoms with Gasteiger partial charge in [-0.3, -0.25) is 0 Å². The van der Waals surface area contributed by atoms with E-state index in [2.05, 4.69) is 9.53 Å². The van der Waals surface area contributed by atoms with Gasteiger partial charge >= 0.3 is 0 Å². The van der Waals surface area contributed by atoms with Gasteiger partial charge in [0, 0.05) is 23.2 Å². The summed E-state index contributed by atoms with van der Waals surface area (Å²) < 4.78 is 10.4. The topological polar surface area (TPSA) is 64.9 Å². The number of nitrogens with two attached hydrogens (primary N) is 1. The molecule has 2 N–H and O–H groups in total. The van der Waals surface area contributed by atoms with Gasteiger partial charge in [-0.2, -0.15) is 4.37 Å². The highest BCUT2D eigenvalue weighted by Crippen LogP contribution is 2.26. The highest BCUT2D eigenvalue weighted by atomic mass is 32.1. The number of fused-ring (bicyclic) bond motifs is 1. The molecule has 15 heavy (non-hydrogen) atoms. The van der Waals surface area contributed by atoms with Crippen molar-refractivity contribution in [1.82, 2.24) is 9.53 Å². The van der Waals surface area contributed by atoms with Crippen molar-refractivity contribution in [3.05, 3.63) is 30.5 Å². The molecule has 1 aromatic carbocycles. The van der Waals surface area contributed by atoms with Crippen LogP contribution in [0.2, 0.25) is 0 Å². The molecule has 0 bridgehead atoms. The lowest BCUT2D eigenvalue weighted by molar-refractivity contribution is 0.436. The molecule has 2 aromatic heterocycles. The second-order valence-corrected chi connectivity index (χ2v) is 4.03. The zero-order valence-corrected chi connectivity index (χ0v) is 8.49. The van der Waals surface area contributed by atoms with Crippen LogP contribution in [0.15, 0.2) is 35.0 Å². The molecule has 5 heteroatoms. The lowest BCUT2D eigenvalue weighted by Gasteiger charge is -1.94. The van der Waals surface area contributed by atoms with Gasteiger partial charge in [-0.05, 0) is 29.7 Å². The molecule has 4 nitrogen and oxygen atoms in total. The van der Waals surface area contributed by atoms with Crippen molar-refractivity contribution >= 4 is 27.4 Å². The van der Waals surface area contributed by atoms with Crippen LogP contribution < -0.4 is 5.73 Å². The molecule has 0 fully saturated rings. The van der Waals surface area contributed by atoms with Crippen molar-refractivity contribution in [2.45, 2.75) is 0 Å². The third-order valence-corrected chi connectivity index (χ3v) is 2.94. The Morgan fingerprint density at radius 3 is 3.00 bits per heavy atom. The molecule has 0 radical (unpaired) electrons. The highest BCUT2D eigenvalue weighted by Gasteiger charge is 2.05. The fraction of sp³-hybridized carbons (Fsp3) is 0. The molecule has 3 aromatic rings. The first-order valence-corrected chi connectivity index (χ1v) is 5.17.